The molecule has 0 spiro atoms. The van der Waals surface area contributed by atoms with Gasteiger partial charge in [-0.05, 0) is 32.9 Å². The van der Waals surface area contributed by atoms with Crippen LogP contribution < -0.4 is 14.4 Å². The van der Waals surface area contributed by atoms with Crippen molar-refractivity contribution in [2.75, 3.05) is 58.5 Å². The quantitative estimate of drug-likeness (QED) is 0.722. The van der Waals surface area contributed by atoms with Crippen LogP contribution in [0.25, 0.3) is 0 Å². The Morgan fingerprint density at radius 2 is 1.77 bits per heavy atom. The summed E-state index contributed by atoms with van der Waals surface area (Å²) in [7, 11) is 3.29. The van der Waals surface area contributed by atoms with E-state index < -0.39 is 5.60 Å². The van der Waals surface area contributed by atoms with E-state index >= 15 is 0 Å². The number of methoxy groups -OCH3 is 2. The SMILES string of the molecule is COCCOc1ccc(N2CCN(C(=O)OC(C)(C)C)CC2)c(OC)c1. The zero-order chi connectivity index (χ0) is 19.2. The topological polar surface area (TPSA) is 60.5 Å². The number of piperazine rings is 1. The lowest BCUT2D eigenvalue weighted by Gasteiger charge is -2.37. The van der Waals surface area contributed by atoms with Crippen LogP contribution in [0.4, 0.5) is 10.5 Å². The maximum absolute atomic E-state index is 12.2. The summed E-state index contributed by atoms with van der Waals surface area (Å²) in [4.78, 5) is 16.1. The first-order valence-electron chi connectivity index (χ1n) is 8.86. The van der Waals surface area contributed by atoms with Gasteiger partial charge in [-0.25, -0.2) is 4.79 Å². The van der Waals surface area contributed by atoms with E-state index in [9.17, 15) is 4.79 Å². The highest BCUT2D eigenvalue weighted by Crippen LogP contribution is 2.33. The Morgan fingerprint density at radius 1 is 1.08 bits per heavy atom. The average molecular weight is 366 g/mol. The number of anilines is 1. The lowest BCUT2D eigenvalue weighted by atomic mass is 10.2. The van der Waals surface area contributed by atoms with Gasteiger partial charge in [0, 0.05) is 39.4 Å². The molecule has 0 bridgehead atoms. The van der Waals surface area contributed by atoms with Crippen molar-refractivity contribution >= 4 is 11.8 Å². The molecule has 7 nitrogen and oxygen atoms in total. The van der Waals surface area contributed by atoms with Crippen LogP contribution in [0.2, 0.25) is 0 Å². The molecule has 1 aromatic carbocycles. The third-order valence-corrected chi connectivity index (χ3v) is 3.98. The number of amides is 1. The van der Waals surface area contributed by atoms with Gasteiger partial charge in [0.25, 0.3) is 0 Å². The molecule has 7 heteroatoms. The number of carbonyl (C=O) groups excluding carboxylic acids is 1. The molecule has 0 unspecified atom stereocenters. The fraction of sp³-hybridized carbons (Fsp3) is 0.632. The van der Waals surface area contributed by atoms with Gasteiger partial charge in [-0.1, -0.05) is 0 Å². The van der Waals surface area contributed by atoms with E-state index in [0.717, 1.165) is 30.3 Å². The van der Waals surface area contributed by atoms with Crippen LogP contribution in [0.1, 0.15) is 20.8 Å². The summed E-state index contributed by atoms with van der Waals surface area (Å²) in [6, 6.07) is 5.79. The van der Waals surface area contributed by atoms with Gasteiger partial charge in [0.2, 0.25) is 0 Å². The number of benzene rings is 1. The highest BCUT2D eigenvalue weighted by molar-refractivity contribution is 5.69. The number of carbonyl (C=O) groups is 1. The molecule has 0 N–H and O–H groups in total. The fourth-order valence-electron chi connectivity index (χ4n) is 2.71. The second kappa shape index (κ2) is 8.98. The summed E-state index contributed by atoms with van der Waals surface area (Å²) in [5.41, 5.74) is 0.520. The molecule has 1 amide bonds. The molecule has 1 aromatic rings. The lowest BCUT2D eigenvalue weighted by molar-refractivity contribution is 0.0240. The van der Waals surface area contributed by atoms with E-state index in [2.05, 4.69) is 4.90 Å². The largest absolute Gasteiger partial charge is 0.494 e. The number of hydrogen-bond acceptors (Lipinski definition) is 6. The number of rotatable bonds is 6. The van der Waals surface area contributed by atoms with Crippen LogP contribution in [-0.4, -0.2) is 70.2 Å². The molecular weight excluding hydrogens is 336 g/mol. The lowest BCUT2D eigenvalue weighted by Crippen LogP contribution is -2.50. The van der Waals surface area contributed by atoms with Crippen LogP contribution in [0.3, 0.4) is 0 Å². The van der Waals surface area contributed by atoms with Crippen LogP contribution in [-0.2, 0) is 9.47 Å². The van der Waals surface area contributed by atoms with E-state index in [4.69, 9.17) is 18.9 Å². The van der Waals surface area contributed by atoms with E-state index in [1.165, 1.54) is 0 Å². The smallest absolute Gasteiger partial charge is 0.410 e. The molecule has 26 heavy (non-hydrogen) atoms. The molecule has 1 fully saturated rings. The maximum atomic E-state index is 12.2. The highest BCUT2D eigenvalue weighted by atomic mass is 16.6. The predicted molar refractivity (Wildman–Crippen MR) is 100 cm³/mol. The zero-order valence-electron chi connectivity index (χ0n) is 16.4. The van der Waals surface area contributed by atoms with Gasteiger partial charge < -0.3 is 28.7 Å². The maximum Gasteiger partial charge on any atom is 0.410 e. The molecule has 0 atom stereocenters. The molecule has 0 radical (unpaired) electrons. The van der Waals surface area contributed by atoms with Crippen molar-refractivity contribution in [3.05, 3.63) is 18.2 Å². The summed E-state index contributed by atoms with van der Waals surface area (Å²) in [6.45, 7) is 9.34. The zero-order valence-corrected chi connectivity index (χ0v) is 16.4. The van der Waals surface area contributed by atoms with Crippen LogP contribution in [0.15, 0.2) is 18.2 Å². The van der Waals surface area contributed by atoms with Gasteiger partial charge >= 0.3 is 6.09 Å². The van der Waals surface area contributed by atoms with Gasteiger partial charge in [-0.3, -0.25) is 0 Å². The molecule has 0 aromatic heterocycles. The Morgan fingerprint density at radius 3 is 2.35 bits per heavy atom. The second-order valence-electron chi connectivity index (χ2n) is 7.13. The molecule has 1 heterocycles. The predicted octanol–water partition coefficient (Wildman–Crippen LogP) is 2.78. The minimum absolute atomic E-state index is 0.258. The summed E-state index contributed by atoms with van der Waals surface area (Å²) < 4.78 is 21.6. The number of nitrogens with zero attached hydrogens (tertiary/aromatic N) is 2. The number of hydrogen-bond donors (Lipinski definition) is 0. The molecule has 0 saturated carbocycles. The highest BCUT2D eigenvalue weighted by Gasteiger charge is 2.26. The van der Waals surface area contributed by atoms with Gasteiger partial charge in [0.15, 0.2) is 0 Å². The van der Waals surface area contributed by atoms with Crippen molar-refractivity contribution < 1.29 is 23.7 Å². The molecule has 1 saturated heterocycles. The Labute approximate surface area is 155 Å². The first-order valence-corrected chi connectivity index (χ1v) is 8.86. The van der Waals surface area contributed by atoms with Gasteiger partial charge in [0.05, 0.1) is 19.4 Å². The molecular formula is C19H30N2O5. The van der Waals surface area contributed by atoms with Gasteiger partial charge in [0.1, 0.15) is 23.7 Å². The normalized spacial score (nSPS) is 15.0. The standard InChI is InChI=1S/C19H30N2O5/c1-19(2,3)26-18(22)21-10-8-20(9-11-21)16-7-6-15(14-17(16)24-5)25-13-12-23-4/h6-7,14H,8-13H2,1-5H3. The minimum Gasteiger partial charge on any atom is -0.494 e. The monoisotopic (exact) mass is 366 g/mol. The van der Waals surface area contributed by atoms with E-state index in [-0.39, 0.29) is 6.09 Å². The molecule has 0 aliphatic carbocycles. The van der Waals surface area contributed by atoms with Crippen molar-refractivity contribution in [3.8, 4) is 11.5 Å². The van der Waals surface area contributed by atoms with E-state index in [0.29, 0.717) is 26.3 Å². The van der Waals surface area contributed by atoms with Crippen LogP contribution >= 0.6 is 0 Å². The number of ether oxygens (including phenoxy) is 4. The summed E-state index contributed by atoms with van der Waals surface area (Å²) in [5.74, 6) is 1.50. The first kappa shape index (κ1) is 20.2. The van der Waals surface area contributed by atoms with Crippen LogP contribution in [0, 0.1) is 0 Å². The molecule has 146 valence electrons. The van der Waals surface area contributed by atoms with Crippen molar-refractivity contribution in [3.63, 3.8) is 0 Å². The first-order chi connectivity index (χ1) is 12.3. The summed E-state index contributed by atoms with van der Waals surface area (Å²) >= 11 is 0. The van der Waals surface area contributed by atoms with Gasteiger partial charge in [-0.15, -0.1) is 0 Å². The average Bonchev–Trinajstić information content (AvgIpc) is 2.60. The Bertz CT molecular complexity index is 592. The van der Waals surface area contributed by atoms with E-state index in [1.54, 1.807) is 19.1 Å². The van der Waals surface area contributed by atoms with Crippen molar-refractivity contribution in [2.45, 2.75) is 26.4 Å². The fourth-order valence-corrected chi connectivity index (χ4v) is 2.71. The van der Waals surface area contributed by atoms with Crippen molar-refractivity contribution in [1.29, 1.82) is 0 Å². The van der Waals surface area contributed by atoms with Gasteiger partial charge in [-0.2, -0.15) is 0 Å². The Balaban J connectivity index is 1.96. The molecule has 1 aliphatic rings. The third-order valence-electron chi connectivity index (χ3n) is 3.98. The Kier molecular flexibility index (Phi) is 6.97. The minimum atomic E-state index is -0.476. The van der Waals surface area contributed by atoms with Crippen molar-refractivity contribution in [1.82, 2.24) is 4.90 Å². The van der Waals surface area contributed by atoms with Crippen LogP contribution in [0.5, 0.6) is 11.5 Å². The summed E-state index contributed by atoms with van der Waals surface area (Å²) in [6.07, 6.45) is -0.258. The van der Waals surface area contributed by atoms with E-state index in [1.807, 2.05) is 39.0 Å². The third kappa shape index (κ3) is 5.69. The summed E-state index contributed by atoms with van der Waals surface area (Å²) in [5, 5.41) is 0. The molecule has 2 rings (SSSR count). The Hall–Kier alpha value is -2.15. The second-order valence-corrected chi connectivity index (χ2v) is 7.13. The van der Waals surface area contributed by atoms with Crippen molar-refractivity contribution in [2.24, 2.45) is 0 Å². The molecule has 1 aliphatic heterocycles.